The van der Waals surface area contributed by atoms with Crippen LogP contribution < -0.4 is 0 Å². The van der Waals surface area contributed by atoms with E-state index in [1.54, 1.807) is 6.92 Å². The average molecular weight is 162 g/mol. The molecule has 66 valence electrons. The molecule has 0 aliphatic heterocycles. The van der Waals surface area contributed by atoms with Crippen LogP contribution in [0.4, 0.5) is 0 Å². The number of aliphatic carboxylic acids is 1. The molecule has 0 aromatic rings. The van der Waals surface area contributed by atoms with E-state index >= 15 is 0 Å². The van der Waals surface area contributed by atoms with E-state index in [4.69, 9.17) is 15.3 Å². The zero-order valence-corrected chi connectivity index (χ0v) is 6.69. The predicted octanol–water partition coefficient (Wildman–Crippen LogP) is -0.161. The van der Waals surface area contributed by atoms with Crippen molar-refractivity contribution in [3.8, 4) is 0 Å². The highest BCUT2D eigenvalue weighted by Crippen LogP contribution is 2.10. The van der Waals surface area contributed by atoms with Gasteiger partial charge in [-0.25, -0.2) is 0 Å². The van der Waals surface area contributed by atoms with Crippen LogP contribution in [0.2, 0.25) is 0 Å². The topological polar surface area (TPSA) is 77.8 Å². The highest BCUT2D eigenvalue weighted by Gasteiger charge is 2.21. The number of carboxylic acids is 1. The number of aliphatic hydroxyl groups excluding tert-OH is 2. The molecule has 3 N–H and O–H groups in total. The van der Waals surface area contributed by atoms with Gasteiger partial charge in [-0.05, 0) is 6.92 Å². The Morgan fingerprint density at radius 1 is 1.36 bits per heavy atom. The quantitative estimate of drug-likeness (QED) is 0.536. The van der Waals surface area contributed by atoms with Crippen molar-refractivity contribution in [2.24, 2.45) is 5.92 Å². The molecule has 3 unspecified atom stereocenters. The van der Waals surface area contributed by atoms with Crippen LogP contribution in [0.1, 0.15) is 20.3 Å². The summed E-state index contributed by atoms with van der Waals surface area (Å²) < 4.78 is 0. The first kappa shape index (κ1) is 10.4. The molecule has 4 heteroatoms. The molecule has 0 fully saturated rings. The highest BCUT2D eigenvalue weighted by atomic mass is 16.4. The maximum atomic E-state index is 10.1. The molecule has 0 saturated carbocycles. The molecule has 0 spiro atoms. The van der Waals surface area contributed by atoms with Crippen molar-refractivity contribution in [3.05, 3.63) is 0 Å². The third kappa shape index (κ3) is 3.95. The van der Waals surface area contributed by atoms with Gasteiger partial charge in [-0.3, -0.25) is 4.79 Å². The molecular weight excluding hydrogens is 148 g/mol. The Morgan fingerprint density at radius 2 is 1.82 bits per heavy atom. The van der Waals surface area contributed by atoms with Crippen LogP contribution in [-0.4, -0.2) is 33.5 Å². The van der Waals surface area contributed by atoms with Gasteiger partial charge in [0, 0.05) is 5.92 Å². The van der Waals surface area contributed by atoms with E-state index in [9.17, 15) is 4.79 Å². The van der Waals surface area contributed by atoms with Crippen LogP contribution in [0.15, 0.2) is 0 Å². The zero-order valence-electron chi connectivity index (χ0n) is 6.69. The van der Waals surface area contributed by atoms with E-state index in [0.29, 0.717) is 0 Å². The van der Waals surface area contributed by atoms with Gasteiger partial charge >= 0.3 is 5.97 Å². The van der Waals surface area contributed by atoms with E-state index in [-0.39, 0.29) is 6.42 Å². The molecule has 0 radical (unpaired) electrons. The summed E-state index contributed by atoms with van der Waals surface area (Å²) in [5, 5.41) is 26.3. The molecule has 0 aliphatic rings. The van der Waals surface area contributed by atoms with Crippen molar-refractivity contribution in [1.82, 2.24) is 0 Å². The minimum Gasteiger partial charge on any atom is -0.481 e. The van der Waals surface area contributed by atoms with Crippen LogP contribution in [-0.2, 0) is 4.79 Å². The molecule has 0 heterocycles. The van der Waals surface area contributed by atoms with Gasteiger partial charge in [-0.1, -0.05) is 6.92 Å². The number of aliphatic hydroxyl groups is 2. The molecule has 0 aromatic heterocycles. The smallest absolute Gasteiger partial charge is 0.305 e. The van der Waals surface area contributed by atoms with E-state index in [1.165, 1.54) is 6.92 Å². The highest BCUT2D eigenvalue weighted by molar-refractivity contribution is 5.67. The predicted molar refractivity (Wildman–Crippen MR) is 39.1 cm³/mol. The Balaban J connectivity index is 3.82. The van der Waals surface area contributed by atoms with Crippen LogP contribution >= 0.6 is 0 Å². The van der Waals surface area contributed by atoms with Crippen LogP contribution in [0.25, 0.3) is 0 Å². The average Bonchev–Trinajstić information content (AvgIpc) is 1.84. The Kier molecular flexibility index (Phi) is 4.07. The molecule has 4 nitrogen and oxygen atoms in total. The molecule has 0 aromatic carbocycles. The van der Waals surface area contributed by atoms with Gasteiger partial charge in [-0.15, -0.1) is 0 Å². The summed E-state index contributed by atoms with van der Waals surface area (Å²) in [7, 11) is 0. The van der Waals surface area contributed by atoms with Gasteiger partial charge < -0.3 is 15.3 Å². The summed E-state index contributed by atoms with van der Waals surface area (Å²) in [5.74, 6) is -1.45. The van der Waals surface area contributed by atoms with Crippen molar-refractivity contribution in [2.45, 2.75) is 32.5 Å². The minimum absolute atomic E-state index is 0.313. The lowest BCUT2D eigenvalue weighted by atomic mass is 9.97. The number of carbonyl (C=O) groups is 1. The van der Waals surface area contributed by atoms with E-state index in [1.807, 2.05) is 0 Å². The second kappa shape index (κ2) is 4.31. The summed E-state index contributed by atoms with van der Waals surface area (Å²) in [6.45, 7) is 3.13. The number of rotatable bonds is 4. The first-order chi connectivity index (χ1) is 4.95. The van der Waals surface area contributed by atoms with Gasteiger partial charge in [0.15, 0.2) is 0 Å². The van der Waals surface area contributed by atoms with Crippen molar-refractivity contribution in [3.63, 3.8) is 0 Å². The lowest BCUT2D eigenvalue weighted by molar-refractivity contribution is -0.140. The molecular formula is C7H14O4. The molecule has 0 aliphatic carbocycles. The van der Waals surface area contributed by atoms with Gasteiger partial charge in [0.05, 0.1) is 18.6 Å². The zero-order chi connectivity index (χ0) is 9.02. The van der Waals surface area contributed by atoms with Gasteiger partial charge in [0.25, 0.3) is 0 Å². The maximum Gasteiger partial charge on any atom is 0.305 e. The SMILES string of the molecule is CC(O)C(C)C(O)CC(=O)O. The van der Waals surface area contributed by atoms with Crippen molar-refractivity contribution in [2.75, 3.05) is 0 Å². The van der Waals surface area contributed by atoms with Crippen LogP contribution in [0, 0.1) is 5.92 Å². The van der Waals surface area contributed by atoms with Gasteiger partial charge in [-0.2, -0.15) is 0 Å². The maximum absolute atomic E-state index is 10.1. The summed E-state index contributed by atoms with van der Waals surface area (Å²) in [6, 6.07) is 0. The molecule has 0 bridgehead atoms. The summed E-state index contributed by atoms with van der Waals surface area (Å²) >= 11 is 0. The summed E-state index contributed by atoms with van der Waals surface area (Å²) in [5.41, 5.74) is 0. The second-order valence-electron chi connectivity index (χ2n) is 2.76. The van der Waals surface area contributed by atoms with Gasteiger partial charge in [0.2, 0.25) is 0 Å². The van der Waals surface area contributed by atoms with E-state index in [2.05, 4.69) is 0 Å². The second-order valence-corrected chi connectivity index (χ2v) is 2.76. The number of hydrogen-bond donors (Lipinski definition) is 3. The Morgan fingerprint density at radius 3 is 2.09 bits per heavy atom. The fourth-order valence-electron chi connectivity index (χ4n) is 0.686. The van der Waals surface area contributed by atoms with Crippen molar-refractivity contribution < 1.29 is 20.1 Å². The number of hydrogen-bond acceptors (Lipinski definition) is 3. The van der Waals surface area contributed by atoms with E-state index < -0.39 is 24.1 Å². The fourth-order valence-corrected chi connectivity index (χ4v) is 0.686. The molecule has 0 rings (SSSR count). The Bertz CT molecular complexity index is 132. The third-order valence-corrected chi connectivity index (χ3v) is 1.75. The minimum atomic E-state index is -1.05. The molecule has 0 saturated heterocycles. The molecule has 11 heavy (non-hydrogen) atoms. The fraction of sp³-hybridized carbons (Fsp3) is 0.857. The summed E-state index contributed by atoms with van der Waals surface area (Å²) in [6.07, 6.45) is -1.96. The monoisotopic (exact) mass is 162 g/mol. The standard InChI is InChI=1S/C7H14O4/c1-4(5(2)8)6(9)3-7(10)11/h4-6,8-9H,3H2,1-2H3,(H,10,11). The van der Waals surface area contributed by atoms with Gasteiger partial charge in [0.1, 0.15) is 0 Å². The first-order valence-electron chi connectivity index (χ1n) is 3.53. The first-order valence-corrected chi connectivity index (χ1v) is 3.53. The normalized spacial score (nSPS) is 18.9. The molecule has 3 atom stereocenters. The Hall–Kier alpha value is -0.610. The molecule has 0 amide bonds. The summed E-state index contributed by atoms with van der Waals surface area (Å²) in [4.78, 5) is 10.1. The third-order valence-electron chi connectivity index (χ3n) is 1.75. The van der Waals surface area contributed by atoms with Crippen molar-refractivity contribution in [1.29, 1.82) is 0 Å². The van der Waals surface area contributed by atoms with Crippen LogP contribution in [0.3, 0.4) is 0 Å². The number of carboxylic acid groups (broad SMARTS) is 1. The Labute approximate surface area is 65.5 Å². The lowest BCUT2D eigenvalue weighted by Gasteiger charge is -2.19. The van der Waals surface area contributed by atoms with Crippen LogP contribution in [0.5, 0.6) is 0 Å². The largest absolute Gasteiger partial charge is 0.481 e. The van der Waals surface area contributed by atoms with E-state index in [0.717, 1.165) is 0 Å². The van der Waals surface area contributed by atoms with Crippen molar-refractivity contribution >= 4 is 5.97 Å². The lowest BCUT2D eigenvalue weighted by Crippen LogP contribution is -2.29.